The predicted octanol–water partition coefficient (Wildman–Crippen LogP) is -2.17. The SMILES string of the molecule is CCCC[NH+](CCCC)CCCC.CCCC[NH+](CCCC)CCCC.CCCC[NH+](CCCC)CCCC.[F-].[F-].[F-]. The van der Waals surface area contributed by atoms with Gasteiger partial charge in [-0.15, -0.1) is 0 Å². The lowest BCUT2D eigenvalue weighted by atomic mass is 10.2. The zero-order valence-corrected chi connectivity index (χ0v) is 30.7. The van der Waals surface area contributed by atoms with Crippen molar-refractivity contribution >= 4 is 0 Å². The molecule has 0 aliphatic rings. The molecule has 0 bridgehead atoms. The molecule has 42 heavy (non-hydrogen) atoms. The van der Waals surface area contributed by atoms with Crippen molar-refractivity contribution in [2.45, 2.75) is 178 Å². The van der Waals surface area contributed by atoms with Crippen molar-refractivity contribution in [1.29, 1.82) is 0 Å². The van der Waals surface area contributed by atoms with E-state index < -0.39 is 0 Å². The molecule has 3 N–H and O–H groups in total. The molecule has 0 unspecified atom stereocenters. The van der Waals surface area contributed by atoms with Gasteiger partial charge in [-0.1, -0.05) is 120 Å². The molecule has 0 fully saturated rings. The molecule has 0 amide bonds. The lowest BCUT2D eigenvalue weighted by Gasteiger charge is -2.18. The van der Waals surface area contributed by atoms with E-state index in [9.17, 15) is 0 Å². The zero-order chi connectivity index (χ0) is 29.8. The van der Waals surface area contributed by atoms with Gasteiger partial charge in [-0.05, 0) is 57.8 Å². The molecule has 0 aromatic rings. The van der Waals surface area contributed by atoms with Crippen LogP contribution >= 0.6 is 0 Å². The average molecular weight is 616 g/mol. The van der Waals surface area contributed by atoms with Crippen LogP contribution in [0.2, 0.25) is 0 Å². The van der Waals surface area contributed by atoms with E-state index in [1.807, 2.05) is 14.7 Å². The Labute approximate surface area is 265 Å². The second-order valence-corrected chi connectivity index (χ2v) is 12.2. The van der Waals surface area contributed by atoms with Crippen LogP contribution in [0.4, 0.5) is 0 Å². The quantitative estimate of drug-likeness (QED) is 0.0932. The van der Waals surface area contributed by atoms with Crippen molar-refractivity contribution in [3.8, 4) is 0 Å². The fourth-order valence-corrected chi connectivity index (χ4v) is 4.97. The Balaban J connectivity index is -0.000000112. The molecule has 0 atom stereocenters. The van der Waals surface area contributed by atoms with Gasteiger partial charge in [0.15, 0.2) is 0 Å². The molecule has 0 saturated heterocycles. The van der Waals surface area contributed by atoms with Crippen molar-refractivity contribution in [3.05, 3.63) is 0 Å². The van der Waals surface area contributed by atoms with Crippen LogP contribution in [-0.2, 0) is 0 Å². The summed E-state index contributed by atoms with van der Waals surface area (Å²) < 4.78 is 0. The second-order valence-electron chi connectivity index (χ2n) is 12.2. The van der Waals surface area contributed by atoms with Crippen LogP contribution in [0.1, 0.15) is 178 Å². The Kier molecular flexibility index (Phi) is 64.9. The first kappa shape index (κ1) is 54.2. The number of rotatable bonds is 27. The van der Waals surface area contributed by atoms with E-state index in [4.69, 9.17) is 0 Å². The Bertz CT molecular complexity index is 289. The third-order valence-electron chi connectivity index (χ3n) is 7.95. The van der Waals surface area contributed by atoms with Crippen LogP contribution in [0.5, 0.6) is 0 Å². The van der Waals surface area contributed by atoms with Crippen molar-refractivity contribution < 1.29 is 28.8 Å². The van der Waals surface area contributed by atoms with Crippen LogP contribution in [0.3, 0.4) is 0 Å². The summed E-state index contributed by atoms with van der Waals surface area (Å²) in [6, 6.07) is 0. The summed E-state index contributed by atoms with van der Waals surface area (Å²) in [4.78, 5) is 5.52. The van der Waals surface area contributed by atoms with E-state index in [2.05, 4.69) is 62.3 Å². The molecule has 0 heterocycles. The average Bonchev–Trinajstić information content (AvgIpc) is 2.96. The van der Waals surface area contributed by atoms with Gasteiger partial charge in [0.25, 0.3) is 0 Å². The van der Waals surface area contributed by atoms with E-state index in [-0.39, 0.29) is 14.1 Å². The van der Waals surface area contributed by atoms with Gasteiger partial charge >= 0.3 is 0 Å². The molecule has 0 saturated carbocycles. The Morgan fingerprint density at radius 3 is 0.381 bits per heavy atom. The number of halogens is 3. The molecular weight excluding hydrogens is 531 g/mol. The molecule has 0 aliphatic carbocycles. The van der Waals surface area contributed by atoms with Gasteiger partial charge in [0.05, 0.1) is 58.9 Å². The highest BCUT2D eigenvalue weighted by molar-refractivity contribution is 4.39. The van der Waals surface area contributed by atoms with Crippen molar-refractivity contribution in [3.63, 3.8) is 0 Å². The highest BCUT2D eigenvalue weighted by atomic mass is 19.0. The highest BCUT2D eigenvalue weighted by Gasteiger charge is 2.07. The first-order valence-electron chi connectivity index (χ1n) is 18.5. The number of nitrogens with one attached hydrogen (secondary N) is 3. The first-order valence-corrected chi connectivity index (χ1v) is 18.5. The molecule has 0 rings (SSSR count). The van der Waals surface area contributed by atoms with Crippen molar-refractivity contribution in [1.82, 2.24) is 0 Å². The topological polar surface area (TPSA) is 13.3 Å². The maximum Gasteiger partial charge on any atom is 0.0770 e. The van der Waals surface area contributed by atoms with Crippen LogP contribution in [0, 0.1) is 0 Å². The summed E-state index contributed by atoms with van der Waals surface area (Å²) >= 11 is 0. The van der Waals surface area contributed by atoms with Gasteiger partial charge in [-0.3, -0.25) is 0 Å². The monoisotopic (exact) mass is 616 g/mol. The second kappa shape index (κ2) is 50.3. The minimum Gasteiger partial charge on any atom is -1.00 e. The number of hydrogen-bond acceptors (Lipinski definition) is 0. The maximum atomic E-state index is 2.29. The van der Waals surface area contributed by atoms with Crippen molar-refractivity contribution in [2.75, 3.05) is 58.9 Å². The molecule has 3 nitrogen and oxygen atoms in total. The molecule has 0 spiro atoms. The molecule has 0 radical (unpaired) electrons. The fourth-order valence-electron chi connectivity index (χ4n) is 4.97. The summed E-state index contributed by atoms with van der Waals surface area (Å²) in [5.74, 6) is 0. The lowest BCUT2D eigenvalue weighted by Crippen LogP contribution is -3.12. The largest absolute Gasteiger partial charge is 1.00 e. The number of hydrogen-bond donors (Lipinski definition) is 3. The van der Waals surface area contributed by atoms with Crippen LogP contribution in [0.25, 0.3) is 0 Å². The van der Waals surface area contributed by atoms with Crippen LogP contribution in [-0.4, -0.2) is 58.9 Å². The minimum atomic E-state index is 0. The van der Waals surface area contributed by atoms with E-state index >= 15 is 0 Å². The zero-order valence-electron chi connectivity index (χ0n) is 30.7. The fraction of sp³-hybridized carbons (Fsp3) is 1.00. The van der Waals surface area contributed by atoms with Gasteiger partial charge in [0.2, 0.25) is 0 Å². The summed E-state index contributed by atoms with van der Waals surface area (Å²) in [5.41, 5.74) is 0. The van der Waals surface area contributed by atoms with Gasteiger partial charge < -0.3 is 28.8 Å². The summed E-state index contributed by atoms with van der Waals surface area (Å²) in [5, 5.41) is 0. The Morgan fingerprint density at radius 1 is 0.214 bits per heavy atom. The van der Waals surface area contributed by atoms with Gasteiger partial charge in [0, 0.05) is 0 Å². The maximum absolute atomic E-state index is 2.29. The van der Waals surface area contributed by atoms with E-state index in [1.54, 1.807) is 0 Å². The third-order valence-corrected chi connectivity index (χ3v) is 7.95. The molecular formula is C36H84F3N3. The first-order chi connectivity index (χ1) is 19.0. The Morgan fingerprint density at radius 2 is 0.310 bits per heavy atom. The minimum absolute atomic E-state index is 0. The third kappa shape index (κ3) is 46.6. The standard InChI is InChI=1S/3C12H27N.3FH/c3*1-4-7-10-13(11-8-5-2)12-9-6-3;;;/h3*4-12H2,1-3H3;3*1H. The van der Waals surface area contributed by atoms with Gasteiger partial charge in [0.1, 0.15) is 0 Å². The van der Waals surface area contributed by atoms with Crippen molar-refractivity contribution in [2.24, 2.45) is 0 Å². The van der Waals surface area contributed by atoms with E-state index in [0.29, 0.717) is 0 Å². The molecule has 6 heteroatoms. The van der Waals surface area contributed by atoms with Gasteiger partial charge in [-0.25, -0.2) is 0 Å². The van der Waals surface area contributed by atoms with Gasteiger partial charge in [-0.2, -0.15) is 0 Å². The lowest BCUT2D eigenvalue weighted by molar-refractivity contribution is -0.900. The summed E-state index contributed by atoms with van der Waals surface area (Å²) in [6.07, 6.45) is 24.8. The van der Waals surface area contributed by atoms with E-state index in [1.165, 1.54) is 174 Å². The molecule has 0 aliphatic heterocycles. The summed E-state index contributed by atoms with van der Waals surface area (Å²) in [7, 11) is 0. The number of unbranched alkanes of at least 4 members (excludes halogenated alkanes) is 9. The van der Waals surface area contributed by atoms with Crippen LogP contribution < -0.4 is 28.8 Å². The smallest absolute Gasteiger partial charge is 0.0770 e. The molecule has 264 valence electrons. The summed E-state index contributed by atoms with van der Waals surface area (Å²) in [6.45, 7) is 33.2. The predicted molar refractivity (Wildman–Crippen MR) is 181 cm³/mol. The van der Waals surface area contributed by atoms with Crippen LogP contribution in [0.15, 0.2) is 0 Å². The Hall–Kier alpha value is -0.330. The molecule has 0 aromatic heterocycles. The number of quaternary nitrogens is 3. The highest BCUT2D eigenvalue weighted by Crippen LogP contribution is 1.88. The molecule has 0 aromatic carbocycles. The van der Waals surface area contributed by atoms with E-state index in [0.717, 1.165) is 0 Å². The normalized spacial score (nSPS) is 10.3.